The van der Waals surface area contributed by atoms with Crippen LogP contribution in [0.5, 0.6) is 0 Å². The molecule has 112 valence electrons. The Labute approximate surface area is 119 Å². The largest absolute Gasteiger partial charge is 0.383 e. The SMILES string of the molecule is CC(O)(CNC(=O)Cc1ccon1)c1ccc(F)cc1F. The summed E-state index contributed by atoms with van der Waals surface area (Å²) in [5.74, 6) is -2.00. The summed E-state index contributed by atoms with van der Waals surface area (Å²) in [5, 5.41) is 16.3. The molecule has 0 radical (unpaired) electrons. The van der Waals surface area contributed by atoms with Gasteiger partial charge in [-0.05, 0) is 13.0 Å². The van der Waals surface area contributed by atoms with Crippen molar-refractivity contribution in [3.8, 4) is 0 Å². The van der Waals surface area contributed by atoms with Crippen LogP contribution in [-0.4, -0.2) is 22.7 Å². The average Bonchev–Trinajstić information content (AvgIpc) is 2.89. The van der Waals surface area contributed by atoms with E-state index in [9.17, 15) is 18.7 Å². The Bertz CT molecular complexity index is 627. The van der Waals surface area contributed by atoms with Crippen LogP contribution in [0.4, 0.5) is 8.78 Å². The molecule has 0 fully saturated rings. The molecule has 21 heavy (non-hydrogen) atoms. The Hall–Kier alpha value is -2.28. The lowest BCUT2D eigenvalue weighted by molar-refractivity contribution is -0.121. The van der Waals surface area contributed by atoms with E-state index in [1.165, 1.54) is 19.3 Å². The Kier molecular flexibility index (Phi) is 4.32. The number of nitrogens with one attached hydrogen (secondary N) is 1. The summed E-state index contributed by atoms with van der Waals surface area (Å²) in [4.78, 5) is 11.7. The van der Waals surface area contributed by atoms with Crippen LogP contribution < -0.4 is 5.32 Å². The van der Waals surface area contributed by atoms with Gasteiger partial charge in [0.25, 0.3) is 0 Å². The topological polar surface area (TPSA) is 75.4 Å². The van der Waals surface area contributed by atoms with Crippen molar-refractivity contribution in [3.05, 3.63) is 53.4 Å². The molecule has 2 rings (SSSR count). The van der Waals surface area contributed by atoms with Crippen LogP contribution in [0.15, 0.2) is 35.1 Å². The second kappa shape index (κ2) is 6.01. The van der Waals surface area contributed by atoms with E-state index in [4.69, 9.17) is 0 Å². The van der Waals surface area contributed by atoms with Crippen molar-refractivity contribution < 1.29 is 23.2 Å². The second-order valence-corrected chi connectivity index (χ2v) is 4.84. The van der Waals surface area contributed by atoms with Crippen molar-refractivity contribution >= 4 is 5.91 Å². The zero-order chi connectivity index (χ0) is 15.5. The highest BCUT2D eigenvalue weighted by Crippen LogP contribution is 2.23. The third-order valence-electron chi connectivity index (χ3n) is 2.97. The quantitative estimate of drug-likeness (QED) is 0.877. The van der Waals surface area contributed by atoms with E-state index in [1.807, 2.05) is 0 Å². The highest BCUT2D eigenvalue weighted by Gasteiger charge is 2.27. The molecule has 1 unspecified atom stereocenters. The number of carbonyl (C=O) groups excluding carboxylic acids is 1. The van der Waals surface area contributed by atoms with Crippen molar-refractivity contribution in [2.24, 2.45) is 0 Å². The fourth-order valence-corrected chi connectivity index (χ4v) is 1.85. The number of nitrogens with zero attached hydrogens (tertiary/aromatic N) is 1. The van der Waals surface area contributed by atoms with Gasteiger partial charge in [-0.1, -0.05) is 11.2 Å². The maximum absolute atomic E-state index is 13.6. The van der Waals surface area contributed by atoms with Gasteiger partial charge in [0.1, 0.15) is 23.5 Å². The molecule has 1 aromatic carbocycles. The molecule has 1 heterocycles. The lowest BCUT2D eigenvalue weighted by Gasteiger charge is -2.24. The molecule has 0 aliphatic carbocycles. The number of aromatic nitrogens is 1. The minimum atomic E-state index is -1.66. The van der Waals surface area contributed by atoms with Gasteiger partial charge in [-0.25, -0.2) is 8.78 Å². The number of carbonyl (C=O) groups is 1. The first-order valence-electron chi connectivity index (χ1n) is 6.22. The maximum Gasteiger partial charge on any atom is 0.226 e. The highest BCUT2D eigenvalue weighted by atomic mass is 19.1. The summed E-state index contributed by atoms with van der Waals surface area (Å²) in [6.45, 7) is 1.12. The maximum atomic E-state index is 13.6. The predicted molar refractivity (Wildman–Crippen MR) is 69.1 cm³/mol. The van der Waals surface area contributed by atoms with Gasteiger partial charge in [0, 0.05) is 17.7 Å². The summed E-state index contributed by atoms with van der Waals surface area (Å²) in [6, 6.07) is 4.41. The number of hydrogen-bond donors (Lipinski definition) is 2. The van der Waals surface area contributed by atoms with Crippen molar-refractivity contribution in [2.75, 3.05) is 6.54 Å². The fourth-order valence-electron chi connectivity index (χ4n) is 1.85. The third kappa shape index (κ3) is 3.85. The van der Waals surface area contributed by atoms with E-state index < -0.39 is 23.1 Å². The molecule has 1 aromatic heterocycles. The second-order valence-electron chi connectivity index (χ2n) is 4.84. The molecule has 0 bridgehead atoms. The molecule has 2 N–H and O–H groups in total. The molecular weight excluding hydrogens is 282 g/mol. The summed E-state index contributed by atoms with van der Waals surface area (Å²) >= 11 is 0. The van der Waals surface area contributed by atoms with Gasteiger partial charge in [-0.2, -0.15) is 0 Å². The molecule has 5 nitrogen and oxygen atoms in total. The van der Waals surface area contributed by atoms with Gasteiger partial charge in [-0.15, -0.1) is 0 Å². The normalized spacial score (nSPS) is 13.7. The Balaban J connectivity index is 1.98. The first-order valence-corrected chi connectivity index (χ1v) is 6.22. The lowest BCUT2D eigenvalue weighted by Crippen LogP contribution is -2.39. The molecular formula is C14H14F2N2O3. The number of benzene rings is 1. The van der Waals surface area contributed by atoms with Crippen molar-refractivity contribution in [2.45, 2.75) is 18.9 Å². The van der Waals surface area contributed by atoms with E-state index in [0.29, 0.717) is 11.8 Å². The van der Waals surface area contributed by atoms with Crippen LogP contribution >= 0.6 is 0 Å². The summed E-state index contributed by atoms with van der Waals surface area (Å²) < 4.78 is 31.1. The smallest absolute Gasteiger partial charge is 0.226 e. The van der Waals surface area contributed by atoms with E-state index in [2.05, 4.69) is 15.0 Å². The molecule has 0 aliphatic heterocycles. The Morgan fingerprint density at radius 3 is 2.81 bits per heavy atom. The van der Waals surface area contributed by atoms with E-state index >= 15 is 0 Å². The van der Waals surface area contributed by atoms with Crippen LogP contribution in [-0.2, 0) is 16.8 Å². The number of halogens is 2. The molecule has 2 aromatic rings. The predicted octanol–water partition coefficient (Wildman–Crippen LogP) is 1.52. The van der Waals surface area contributed by atoms with Crippen molar-refractivity contribution in [1.82, 2.24) is 10.5 Å². The standard InChI is InChI=1S/C14H14F2N2O3/c1-14(20,11-3-2-9(15)6-12(11)16)8-17-13(19)7-10-4-5-21-18-10/h2-6,20H,7-8H2,1H3,(H,17,19). The summed E-state index contributed by atoms with van der Waals surface area (Å²) in [7, 11) is 0. The first-order chi connectivity index (χ1) is 9.88. The lowest BCUT2D eigenvalue weighted by atomic mass is 9.95. The Morgan fingerprint density at radius 1 is 1.43 bits per heavy atom. The summed E-state index contributed by atoms with van der Waals surface area (Å²) in [6.07, 6.45) is 1.32. The van der Waals surface area contributed by atoms with E-state index in [-0.39, 0.29) is 18.5 Å². The van der Waals surface area contributed by atoms with Gasteiger partial charge in [0.15, 0.2) is 0 Å². The average molecular weight is 296 g/mol. The molecule has 0 saturated heterocycles. The zero-order valence-corrected chi connectivity index (χ0v) is 11.3. The zero-order valence-electron chi connectivity index (χ0n) is 11.3. The number of hydrogen-bond acceptors (Lipinski definition) is 4. The molecule has 1 amide bonds. The molecule has 1 atom stereocenters. The summed E-state index contributed by atoms with van der Waals surface area (Å²) in [5.41, 5.74) is -1.30. The monoisotopic (exact) mass is 296 g/mol. The van der Waals surface area contributed by atoms with Crippen LogP contribution in [0.3, 0.4) is 0 Å². The Morgan fingerprint density at radius 2 is 2.19 bits per heavy atom. The number of rotatable bonds is 5. The fraction of sp³-hybridized carbons (Fsp3) is 0.286. The van der Waals surface area contributed by atoms with Crippen LogP contribution in [0.2, 0.25) is 0 Å². The van der Waals surface area contributed by atoms with Crippen molar-refractivity contribution in [1.29, 1.82) is 0 Å². The van der Waals surface area contributed by atoms with Gasteiger partial charge >= 0.3 is 0 Å². The van der Waals surface area contributed by atoms with Gasteiger partial charge in [0.05, 0.1) is 18.7 Å². The molecule has 0 spiro atoms. The molecule has 0 saturated carbocycles. The van der Waals surface area contributed by atoms with Crippen LogP contribution in [0.1, 0.15) is 18.2 Å². The van der Waals surface area contributed by atoms with Crippen LogP contribution in [0, 0.1) is 11.6 Å². The van der Waals surface area contributed by atoms with Gasteiger partial charge in [-0.3, -0.25) is 4.79 Å². The van der Waals surface area contributed by atoms with Gasteiger partial charge < -0.3 is 14.9 Å². The van der Waals surface area contributed by atoms with E-state index in [1.54, 1.807) is 0 Å². The number of aliphatic hydroxyl groups is 1. The minimum Gasteiger partial charge on any atom is -0.383 e. The number of amides is 1. The first kappa shape index (κ1) is 15.1. The minimum absolute atomic E-state index is 0.0154. The third-order valence-corrected chi connectivity index (χ3v) is 2.97. The van der Waals surface area contributed by atoms with E-state index in [0.717, 1.165) is 12.1 Å². The molecule has 7 heteroatoms. The van der Waals surface area contributed by atoms with Crippen molar-refractivity contribution in [3.63, 3.8) is 0 Å². The van der Waals surface area contributed by atoms with Crippen LogP contribution in [0.25, 0.3) is 0 Å². The molecule has 0 aliphatic rings. The highest BCUT2D eigenvalue weighted by molar-refractivity contribution is 5.78. The van der Waals surface area contributed by atoms with Gasteiger partial charge in [0.2, 0.25) is 5.91 Å².